The third-order valence-electron chi connectivity index (χ3n) is 4.77. The van der Waals surface area contributed by atoms with Gasteiger partial charge in [-0.1, -0.05) is 0 Å². The van der Waals surface area contributed by atoms with Crippen LogP contribution in [0.1, 0.15) is 11.1 Å². The van der Waals surface area contributed by atoms with Gasteiger partial charge in [0.05, 0.1) is 24.3 Å². The Hall–Kier alpha value is -2.76. The highest BCUT2D eigenvalue weighted by atomic mass is 16.3. The van der Waals surface area contributed by atoms with Crippen LogP contribution >= 0.6 is 0 Å². The second-order valence-electron chi connectivity index (χ2n) is 6.81. The van der Waals surface area contributed by atoms with Crippen LogP contribution in [0.5, 0.6) is 0 Å². The maximum Gasteiger partial charge on any atom is 0.328 e. The molecule has 0 spiro atoms. The van der Waals surface area contributed by atoms with Crippen LogP contribution in [0.25, 0.3) is 0 Å². The zero-order chi connectivity index (χ0) is 19.9. The maximum absolute atomic E-state index is 11.9. The van der Waals surface area contributed by atoms with E-state index in [2.05, 4.69) is 15.3 Å². The summed E-state index contributed by atoms with van der Waals surface area (Å²) in [5, 5.41) is 23.6. The molecule has 1 aliphatic heterocycles. The molecule has 0 bridgehead atoms. The Bertz CT molecular complexity index is 995. The number of aromatic nitrogens is 4. The number of hydrogen-bond donors (Lipinski definition) is 5. The van der Waals surface area contributed by atoms with Gasteiger partial charge in [0, 0.05) is 36.6 Å². The molecule has 2 aromatic rings. The van der Waals surface area contributed by atoms with Crippen molar-refractivity contribution in [2.45, 2.75) is 51.2 Å². The second kappa shape index (κ2) is 7.10. The minimum absolute atomic E-state index is 0.0186. The van der Waals surface area contributed by atoms with Gasteiger partial charge in [-0.15, -0.1) is 0 Å². The quantitative estimate of drug-likeness (QED) is 0.373. The Morgan fingerprint density at radius 1 is 0.815 bits per heavy atom. The monoisotopic (exact) mass is 379 g/mol. The third kappa shape index (κ3) is 3.70. The Kier molecular flexibility index (Phi) is 5.00. The Morgan fingerprint density at radius 3 is 1.56 bits per heavy atom. The molecule has 0 unspecified atom stereocenters. The number of nitrogens with zero attached hydrogens (tertiary/aromatic N) is 2. The minimum atomic E-state index is -1.19. The van der Waals surface area contributed by atoms with Crippen molar-refractivity contribution in [3.05, 3.63) is 65.2 Å². The van der Waals surface area contributed by atoms with Crippen LogP contribution in [-0.4, -0.2) is 53.6 Å². The zero-order valence-electron chi connectivity index (χ0n) is 14.8. The summed E-state index contributed by atoms with van der Waals surface area (Å²) in [6.45, 7) is 3.14. The average molecular weight is 379 g/mol. The molecule has 146 valence electrons. The van der Waals surface area contributed by atoms with Gasteiger partial charge in [0.25, 0.3) is 11.1 Å². The number of aromatic amines is 2. The fourth-order valence-corrected chi connectivity index (χ4v) is 3.20. The lowest BCUT2D eigenvalue weighted by molar-refractivity contribution is 0.0235. The van der Waals surface area contributed by atoms with Crippen molar-refractivity contribution in [2.75, 3.05) is 0 Å². The van der Waals surface area contributed by atoms with Crippen LogP contribution in [-0.2, 0) is 13.1 Å². The number of hydrogen-bond acceptors (Lipinski definition) is 7. The molecule has 0 amide bonds. The molecule has 0 saturated carbocycles. The van der Waals surface area contributed by atoms with E-state index in [4.69, 9.17) is 0 Å². The summed E-state index contributed by atoms with van der Waals surface area (Å²) in [6, 6.07) is -1.35. The van der Waals surface area contributed by atoms with Crippen LogP contribution in [0, 0.1) is 13.8 Å². The molecule has 1 fully saturated rings. The lowest BCUT2D eigenvalue weighted by atomic mass is 10.1. The van der Waals surface area contributed by atoms with Crippen LogP contribution in [0.3, 0.4) is 0 Å². The Balaban J connectivity index is 1.80. The van der Waals surface area contributed by atoms with E-state index in [1.54, 1.807) is 13.8 Å². The first-order chi connectivity index (χ1) is 12.7. The van der Waals surface area contributed by atoms with E-state index < -0.39 is 46.8 Å². The first-order valence-corrected chi connectivity index (χ1v) is 8.40. The van der Waals surface area contributed by atoms with Crippen molar-refractivity contribution >= 4 is 0 Å². The van der Waals surface area contributed by atoms with Gasteiger partial charge in [-0.2, -0.15) is 0 Å². The Labute approximate surface area is 151 Å². The van der Waals surface area contributed by atoms with Crippen molar-refractivity contribution in [2.24, 2.45) is 0 Å². The average Bonchev–Trinajstić information content (AvgIpc) is 2.85. The summed E-state index contributed by atoms with van der Waals surface area (Å²) in [4.78, 5) is 51.1. The van der Waals surface area contributed by atoms with E-state index in [0.717, 1.165) is 0 Å². The molecule has 3 rings (SSSR count). The summed E-state index contributed by atoms with van der Waals surface area (Å²) in [7, 11) is 0. The van der Waals surface area contributed by atoms with Gasteiger partial charge in [-0.25, -0.2) is 9.59 Å². The predicted octanol–water partition coefficient (Wildman–Crippen LogP) is -3.23. The van der Waals surface area contributed by atoms with Gasteiger partial charge in [0.2, 0.25) is 0 Å². The molecule has 1 saturated heterocycles. The SMILES string of the molecule is Cc1cn(C[C@@H]2N[C@@H](Cn3cc(C)c(=O)[nH]c3=O)[C@@H](O)[C@@H]2O)c(=O)[nH]c1=O. The highest BCUT2D eigenvalue weighted by Gasteiger charge is 2.41. The molecule has 11 nitrogen and oxygen atoms in total. The molecular formula is C16H21N5O6. The fourth-order valence-electron chi connectivity index (χ4n) is 3.20. The first kappa shape index (κ1) is 19.0. The number of aryl methyl sites for hydroxylation is 2. The zero-order valence-corrected chi connectivity index (χ0v) is 14.8. The van der Waals surface area contributed by atoms with Crippen LogP contribution < -0.4 is 27.8 Å². The van der Waals surface area contributed by atoms with Gasteiger partial charge >= 0.3 is 11.4 Å². The van der Waals surface area contributed by atoms with Gasteiger partial charge in [0.15, 0.2) is 0 Å². The van der Waals surface area contributed by atoms with Gasteiger partial charge in [-0.05, 0) is 13.8 Å². The largest absolute Gasteiger partial charge is 0.389 e. The standard InChI is InChI=1S/C16H21N5O6/c1-7-3-20(15(26)18-13(7)24)5-9-11(22)12(23)10(17-9)6-21-4-8(2)14(25)19-16(21)27/h3-4,9-12,17,22-23H,5-6H2,1-2H3,(H,18,24,26)(H,19,25,27)/t9-,10-,11+,12+/m0/s1. The smallest absolute Gasteiger partial charge is 0.328 e. The normalized spacial score (nSPS) is 25.0. The number of aliphatic hydroxyl groups is 2. The summed E-state index contributed by atoms with van der Waals surface area (Å²) >= 11 is 0. The molecule has 0 aromatic carbocycles. The van der Waals surface area contributed by atoms with Gasteiger partial charge in [-0.3, -0.25) is 28.7 Å². The van der Waals surface area contributed by atoms with E-state index in [9.17, 15) is 29.4 Å². The van der Waals surface area contributed by atoms with E-state index in [1.165, 1.54) is 21.5 Å². The molecule has 27 heavy (non-hydrogen) atoms. The number of aliphatic hydroxyl groups excluding tert-OH is 2. The maximum atomic E-state index is 11.9. The predicted molar refractivity (Wildman–Crippen MR) is 94.8 cm³/mol. The molecular weight excluding hydrogens is 358 g/mol. The van der Waals surface area contributed by atoms with Crippen molar-refractivity contribution in [1.82, 2.24) is 24.4 Å². The second-order valence-corrected chi connectivity index (χ2v) is 6.81. The van der Waals surface area contributed by atoms with Crippen molar-refractivity contribution in [3.63, 3.8) is 0 Å². The fraction of sp³-hybridized carbons (Fsp3) is 0.500. The molecule has 4 atom stereocenters. The number of rotatable bonds is 4. The number of H-pyrrole nitrogens is 2. The van der Waals surface area contributed by atoms with Crippen molar-refractivity contribution in [1.29, 1.82) is 0 Å². The van der Waals surface area contributed by atoms with E-state index in [-0.39, 0.29) is 13.1 Å². The first-order valence-electron chi connectivity index (χ1n) is 8.40. The third-order valence-corrected chi connectivity index (χ3v) is 4.77. The van der Waals surface area contributed by atoms with Crippen LogP contribution in [0.15, 0.2) is 31.6 Å². The lowest BCUT2D eigenvalue weighted by Gasteiger charge is -2.17. The molecule has 2 aromatic heterocycles. The molecule has 0 aliphatic carbocycles. The summed E-state index contributed by atoms with van der Waals surface area (Å²) < 4.78 is 2.48. The Morgan fingerprint density at radius 2 is 1.19 bits per heavy atom. The molecule has 5 N–H and O–H groups in total. The highest BCUT2D eigenvalue weighted by molar-refractivity contribution is 5.05. The van der Waals surface area contributed by atoms with Gasteiger partial charge in [0.1, 0.15) is 0 Å². The minimum Gasteiger partial charge on any atom is -0.389 e. The molecule has 3 heterocycles. The topological polar surface area (TPSA) is 162 Å². The summed E-state index contributed by atoms with van der Waals surface area (Å²) in [6.07, 6.45) is 0.387. The highest BCUT2D eigenvalue weighted by Crippen LogP contribution is 2.17. The van der Waals surface area contributed by atoms with Crippen molar-refractivity contribution in [3.8, 4) is 0 Å². The lowest BCUT2D eigenvalue weighted by Crippen LogP contribution is -2.43. The number of nitrogens with one attached hydrogen (secondary N) is 3. The summed E-state index contributed by atoms with van der Waals surface area (Å²) in [5.41, 5.74) is -1.53. The van der Waals surface area contributed by atoms with Crippen LogP contribution in [0.2, 0.25) is 0 Å². The summed E-state index contributed by atoms with van der Waals surface area (Å²) in [5.74, 6) is 0. The van der Waals surface area contributed by atoms with Crippen LogP contribution in [0.4, 0.5) is 0 Å². The van der Waals surface area contributed by atoms with E-state index in [1.807, 2.05) is 0 Å². The van der Waals surface area contributed by atoms with Crippen molar-refractivity contribution < 1.29 is 10.2 Å². The molecule has 11 heteroatoms. The van der Waals surface area contributed by atoms with Gasteiger partial charge < -0.3 is 15.5 Å². The van der Waals surface area contributed by atoms with E-state index >= 15 is 0 Å². The van der Waals surface area contributed by atoms with E-state index in [0.29, 0.717) is 11.1 Å². The molecule has 0 radical (unpaired) electrons. The molecule has 1 aliphatic rings.